The molecule has 1 aromatic carbocycles. The van der Waals surface area contributed by atoms with Crippen LogP contribution in [0, 0.1) is 0 Å². The lowest BCUT2D eigenvalue weighted by molar-refractivity contribution is -0.137. The average molecular weight is 395 g/mol. The Kier molecular flexibility index (Phi) is 8.72. The molecule has 27 heavy (non-hydrogen) atoms. The number of benzene rings is 1. The second-order valence-electron chi connectivity index (χ2n) is 8.07. The van der Waals surface area contributed by atoms with Crippen LogP contribution in [0.25, 0.3) is 0 Å². The van der Waals surface area contributed by atoms with Gasteiger partial charge in [0.05, 0.1) is 32.5 Å². The molecular weight excluding hydrogens is 360 g/mol. The van der Waals surface area contributed by atoms with E-state index in [1.807, 2.05) is 24.3 Å². The summed E-state index contributed by atoms with van der Waals surface area (Å²) >= 11 is 0. The zero-order valence-electron chi connectivity index (χ0n) is 17.8. The molecule has 1 aromatic rings. The van der Waals surface area contributed by atoms with Crippen molar-refractivity contribution in [3.63, 3.8) is 0 Å². The lowest BCUT2D eigenvalue weighted by Crippen LogP contribution is -2.45. The minimum absolute atomic E-state index is 0.0333. The molecule has 0 saturated carbocycles. The summed E-state index contributed by atoms with van der Waals surface area (Å²) in [5, 5.41) is 0.0333. The Hall–Kier alpha value is -1.63. The molecule has 5 nitrogen and oxygen atoms in total. The Bertz CT molecular complexity index is 616. The van der Waals surface area contributed by atoms with E-state index in [0.717, 1.165) is 11.3 Å². The van der Waals surface area contributed by atoms with Crippen LogP contribution in [-0.4, -0.2) is 41.2 Å². The summed E-state index contributed by atoms with van der Waals surface area (Å²) in [6.07, 6.45) is 0.144. The van der Waals surface area contributed by atoms with Crippen LogP contribution in [0.2, 0.25) is 18.1 Å². The van der Waals surface area contributed by atoms with Crippen molar-refractivity contribution >= 4 is 14.3 Å². The summed E-state index contributed by atoms with van der Waals surface area (Å²) < 4.78 is 22.2. The predicted octanol–water partition coefficient (Wildman–Crippen LogP) is 4.72. The summed E-state index contributed by atoms with van der Waals surface area (Å²) in [6, 6.07) is 7.74. The van der Waals surface area contributed by atoms with Gasteiger partial charge in [0.1, 0.15) is 5.75 Å². The first kappa shape index (κ1) is 23.4. The van der Waals surface area contributed by atoms with Gasteiger partial charge in [-0.2, -0.15) is 0 Å². The van der Waals surface area contributed by atoms with Crippen LogP contribution in [0.1, 0.15) is 32.8 Å². The molecule has 0 saturated heterocycles. The number of esters is 1. The van der Waals surface area contributed by atoms with E-state index in [4.69, 9.17) is 18.6 Å². The summed E-state index contributed by atoms with van der Waals surface area (Å²) in [5.41, 5.74) is 1.40. The van der Waals surface area contributed by atoms with Crippen LogP contribution in [0.5, 0.6) is 5.75 Å². The molecule has 0 aromatic heterocycles. The van der Waals surface area contributed by atoms with E-state index in [1.165, 1.54) is 7.11 Å². The maximum atomic E-state index is 12.0. The molecule has 0 bridgehead atoms. The molecule has 0 aliphatic rings. The monoisotopic (exact) mass is 394 g/mol. The largest absolute Gasteiger partial charge is 0.497 e. The molecule has 1 rings (SSSR count). The van der Waals surface area contributed by atoms with E-state index in [0.29, 0.717) is 25.2 Å². The van der Waals surface area contributed by atoms with Gasteiger partial charge in [-0.15, -0.1) is 0 Å². The normalized spacial score (nSPS) is 13.1. The van der Waals surface area contributed by atoms with Gasteiger partial charge in [0.25, 0.3) is 0 Å². The van der Waals surface area contributed by atoms with Crippen LogP contribution in [-0.2, 0) is 25.3 Å². The third-order valence-corrected chi connectivity index (χ3v) is 9.52. The van der Waals surface area contributed by atoms with Gasteiger partial charge in [-0.05, 0) is 35.8 Å². The fourth-order valence-electron chi connectivity index (χ4n) is 2.20. The van der Waals surface area contributed by atoms with Gasteiger partial charge < -0.3 is 18.6 Å². The molecule has 0 spiro atoms. The van der Waals surface area contributed by atoms with Crippen LogP contribution in [0.15, 0.2) is 36.4 Å². The summed E-state index contributed by atoms with van der Waals surface area (Å²) in [7, 11) is 0.937. The van der Waals surface area contributed by atoms with E-state index < -0.39 is 20.4 Å². The fourth-order valence-corrected chi connectivity index (χ4v) is 3.53. The number of ether oxygens (including phenoxy) is 3. The highest BCUT2D eigenvalue weighted by Gasteiger charge is 2.40. The number of methoxy groups -OCH3 is 2. The second kappa shape index (κ2) is 10.1. The van der Waals surface area contributed by atoms with Gasteiger partial charge in [0.15, 0.2) is 8.32 Å². The SMILES string of the molecule is C=C(C(=O)OC)C(CCOCc1ccc(OC)cc1)O[Si](C)(C)C(C)(C)C. The number of rotatable bonds is 10. The van der Waals surface area contributed by atoms with Crippen molar-refractivity contribution in [1.82, 2.24) is 0 Å². The molecule has 1 atom stereocenters. The molecule has 0 radical (unpaired) electrons. The van der Waals surface area contributed by atoms with Crippen molar-refractivity contribution < 1.29 is 23.4 Å². The van der Waals surface area contributed by atoms with E-state index in [-0.39, 0.29) is 5.04 Å². The number of carbonyl (C=O) groups is 1. The maximum absolute atomic E-state index is 12.0. The van der Waals surface area contributed by atoms with Gasteiger partial charge in [-0.25, -0.2) is 4.79 Å². The molecule has 0 amide bonds. The highest BCUT2D eigenvalue weighted by molar-refractivity contribution is 6.74. The topological polar surface area (TPSA) is 54.0 Å². The van der Waals surface area contributed by atoms with Gasteiger partial charge in [-0.1, -0.05) is 39.5 Å². The van der Waals surface area contributed by atoms with Gasteiger partial charge in [0.2, 0.25) is 0 Å². The molecule has 0 fully saturated rings. The minimum Gasteiger partial charge on any atom is -0.497 e. The third-order valence-electron chi connectivity index (χ3n) is 5.03. The first-order chi connectivity index (χ1) is 12.5. The molecular formula is C21H34O5Si. The number of hydrogen-bond acceptors (Lipinski definition) is 5. The number of carbonyl (C=O) groups excluding carboxylic acids is 1. The number of hydrogen-bond donors (Lipinski definition) is 0. The van der Waals surface area contributed by atoms with Crippen LogP contribution in [0.4, 0.5) is 0 Å². The molecule has 152 valence electrons. The highest BCUT2D eigenvalue weighted by Crippen LogP contribution is 2.38. The molecule has 0 N–H and O–H groups in total. The van der Waals surface area contributed by atoms with E-state index in [9.17, 15) is 4.79 Å². The quantitative estimate of drug-likeness (QED) is 0.249. The maximum Gasteiger partial charge on any atom is 0.335 e. The summed E-state index contributed by atoms with van der Waals surface area (Å²) in [4.78, 5) is 12.0. The lowest BCUT2D eigenvalue weighted by Gasteiger charge is -2.39. The summed E-state index contributed by atoms with van der Waals surface area (Å²) in [5.74, 6) is 0.379. The van der Waals surface area contributed by atoms with E-state index in [2.05, 4.69) is 40.4 Å². The smallest absolute Gasteiger partial charge is 0.335 e. The Labute approximate surface area is 164 Å². The standard InChI is InChI=1S/C21H34O5Si/c1-16(20(22)24-6)19(26-27(7,8)21(2,3)4)13-14-25-15-17-9-11-18(23-5)12-10-17/h9-12,19H,1,13-15H2,2-8H3. The molecule has 0 heterocycles. The van der Waals surface area contributed by atoms with Crippen LogP contribution in [0.3, 0.4) is 0 Å². The zero-order valence-corrected chi connectivity index (χ0v) is 18.8. The van der Waals surface area contributed by atoms with E-state index >= 15 is 0 Å². The van der Waals surface area contributed by atoms with Gasteiger partial charge in [0, 0.05) is 13.0 Å². The van der Waals surface area contributed by atoms with E-state index in [1.54, 1.807) is 7.11 Å². The molecule has 1 unspecified atom stereocenters. The van der Waals surface area contributed by atoms with Crippen molar-refractivity contribution in [1.29, 1.82) is 0 Å². The Morgan fingerprint density at radius 3 is 2.22 bits per heavy atom. The average Bonchev–Trinajstić information content (AvgIpc) is 2.62. The minimum atomic E-state index is -2.06. The Morgan fingerprint density at radius 1 is 1.15 bits per heavy atom. The third kappa shape index (κ3) is 7.12. The van der Waals surface area contributed by atoms with Crippen molar-refractivity contribution in [2.75, 3.05) is 20.8 Å². The van der Waals surface area contributed by atoms with Gasteiger partial charge >= 0.3 is 5.97 Å². The Balaban J connectivity index is 2.68. The summed E-state index contributed by atoms with van der Waals surface area (Å²) in [6.45, 7) is 15.7. The predicted molar refractivity (Wildman–Crippen MR) is 110 cm³/mol. The van der Waals surface area contributed by atoms with Crippen LogP contribution < -0.4 is 4.74 Å². The first-order valence-electron chi connectivity index (χ1n) is 9.17. The molecule has 0 aliphatic carbocycles. The second-order valence-corrected chi connectivity index (χ2v) is 12.8. The van der Waals surface area contributed by atoms with Crippen LogP contribution >= 0.6 is 0 Å². The molecule has 6 heteroatoms. The van der Waals surface area contributed by atoms with Gasteiger partial charge in [-0.3, -0.25) is 0 Å². The fraction of sp³-hybridized carbons (Fsp3) is 0.571. The lowest BCUT2D eigenvalue weighted by atomic mass is 10.1. The van der Waals surface area contributed by atoms with Crippen molar-refractivity contribution in [3.8, 4) is 5.75 Å². The molecule has 0 aliphatic heterocycles. The zero-order chi connectivity index (χ0) is 20.7. The Morgan fingerprint density at radius 2 is 1.74 bits per heavy atom. The van der Waals surface area contributed by atoms with Crippen molar-refractivity contribution in [2.24, 2.45) is 0 Å². The first-order valence-corrected chi connectivity index (χ1v) is 12.1. The van der Waals surface area contributed by atoms with Crippen molar-refractivity contribution in [3.05, 3.63) is 42.0 Å². The highest BCUT2D eigenvalue weighted by atomic mass is 28.4. The van der Waals surface area contributed by atoms with Crippen molar-refractivity contribution in [2.45, 2.75) is 58.0 Å².